The number of carbonyl (C=O) groups excluding carboxylic acids is 2. The third kappa shape index (κ3) is 6.88. The number of halogens is 4. The lowest BCUT2D eigenvalue weighted by atomic mass is 9.92. The summed E-state index contributed by atoms with van der Waals surface area (Å²) >= 11 is 2.87. The summed E-state index contributed by atoms with van der Waals surface area (Å²) < 4.78 is 73.1. The standard InChI is InChI=1S/2C27H19F2N3O4S/c2*28-14-1-3-16-19(11-14)18-6-10-37-26(18)20-12-15(29)2-4-17(20)23(16)32-22-13-36-9-8-30(22)27(35)24-25(34)21(33)5-7-31(24)32/h2*1-7,10-12,22-23,34H,8-9,13H2/t22-,23+;22-,23-/m11/s1. The van der Waals surface area contributed by atoms with E-state index in [1.807, 2.05) is 32.9 Å². The SMILES string of the molecule is O=C1c2c(O)c(=O)ccn2N([C@@H]2c3ccc(F)cc3-c3ccsc3-c3cc(F)ccc32)[C@@H]2COCCN12.O=C1c2c(O)c(=O)ccn2N([C@H]2c3ccc(F)cc3-c3ccsc3-c3cc(F)ccc32)[C@@H]2COCCN12. The number of pyridine rings is 2. The van der Waals surface area contributed by atoms with Gasteiger partial charge in [0.15, 0.2) is 22.9 Å². The number of carbonyl (C=O) groups is 2. The minimum absolute atomic E-state index is 0.156. The molecule has 14 nitrogen and oxygen atoms in total. The fourth-order valence-electron chi connectivity index (χ4n) is 11.4. The first-order valence-corrected chi connectivity index (χ1v) is 25.2. The molecule has 14 rings (SSSR count). The Hall–Kier alpha value is -8.04. The third-order valence-electron chi connectivity index (χ3n) is 14.5. The van der Waals surface area contributed by atoms with Crippen LogP contribution in [0.1, 0.15) is 55.3 Å². The molecule has 4 aromatic carbocycles. The number of aromatic hydroxyl groups is 2. The van der Waals surface area contributed by atoms with E-state index in [2.05, 4.69) is 0 Å². The summed E-state index contributed by atoms with van der Waals surface area (Å²) in [5.74, 6) is -3.89. The topological polar surface area (TPSA) is 150 Å². The Morgan fingerprint density at radius 3 is 1.23 bits per heavy atom. The highest BCUT2D eigenvalue weighted by molar-refractivity contribution is 7.14. The highest BCUT2D eigenvalue weighted by atomic mass is 32.1. The summed E-state index contributed by atoms with van der Waals surface area (Å²) in [6.45, 7) is 1.47. The maximum atomic E-state index is 14.6. The van der Waals surface area contributed by atoms with Crippen LogP contribution < -0.4 is 20.9 Å². The zero-order chi connectivity index (χ0) is 50.8. The predicted molar refractivity (Wildman–Crippen MR) is 266 cm³/mol. The van der Waals surface area contributed by atoms with Crippen molar-refractivity contribution < 1.29 is 46.8 Å². The van der Waals surface area contributed by atoms with E-state index in [0.29, 0.717) is 35.5 Å². The van der Waals surface area contributed by atoms with Crippen LogP contribution in [0.4, 0.5) is 17.6 Å². The number of benzene rings is 4. The van der Waals surface area contributed by atoms with Gasteiger partial charge in [-0.3, -0.25) is 38.5 Å². The second-order valence-corrected chi connectivity index (χ2v) is 20.2. The van der Waals surface area contributed by atoms with Gasteiger partial charge in [-0.15, -0.1) is 22.7 Å². The quantitative estimate of drug-likeness (QED) is 0.163. The molecule has 74 heavy (non-hydrogen) atoms. The van der Waals surface area contributed by atoms with Gasteiger partial charge in [-0.2, -0.15) is 0 Å². The van der Waals surface area contributed by atoms with Gasteiger partial charge < -0.3 is 29.5 Å². The number of ether oxygens (including phenoxy) is 2. The molecule has 2 amide bonds. The summed E-state index contributed by atoms with van der Waals surface area (Å²) in [6, 6.07) is 23.0. The normalized spacial score (nSPS) is 19.9. The van der Waals surface area contributed by atoms with Gasteiger partial charge in [-0.05, 0) is 105 Å². The Kier molecular flexibility index (Phi) is 10.7. The molecule has 4 atom stereocenters. The Morgan fingerprint density at radius 2 is 0.838 bits per heavy atom. The van der Waals surface area contributed by atoms with Crippen molar-refractivity contribution in [3.63, 3.8) is 0 Å². The third-order valence-corrected chi connectivity index (χ3v) is 16.4. The molecule has 0 spiro atoms. The minimum Gasteiger partial charge on any atom is -0.502 e. The number of aromatic nitrogens is 2. The first kappa shape index (κ1) is 45.8. The fraction of sp³-hybridized carbons (Fsp3) is 0.185. The van der Waals surface area contributed by atoms with Crippen molar-refractivity contribution >= 4 is 34.5 Å². The smallest absolute Gasteiger partial charge is 0.278 e. The molecule has 0 saturated carbocycles. The second kappa shape index (κ2) is 17.3. The monoisotopic (exact) mass is 1040 g/mol. The Balaban J connectivity index is 0.000000143. The van der Waals surface area contributed by atoms with Gasteiger partial charge in [0.05, 0.1) is 38.5 Å². The van der Waals surface area contributed by atoms with Gasteiger partial charge in [-0.1, -0.05) is 24.3 Å². The number of rotatable bonds is 2. The van der Waals surface area contributed by atoms with E-state index < -0.39 is 81.9 Å². The number of hydrogen-bond donors (Lipinski definition) is 2. The van der Waals surface area contributed by atoms with Gasteiger partial charge in [0.2, 0.25) is 10.9 Å². The Bertz CT molecular complexity index is 3440. The average molecular weight is 1040 g/mol. The lowest BCUT2D eigenvalue weighted by Gasteiger charge is -2.51. The van der Waals surface area contributed by atoms with Gasteiger partial charge in [-0.25, -0.2) is 17.6 Å². The van der Waals surface area contributed by atoms with E-state index in [9.17, 15) is 47.0 Å². The lowest BCUT2D eigenvalue weighted by molar-refractivity contribution is -0.0197. The van der Waals surface area contributed by atoms with Gasteiger partial charge in [0, 0.05) is 69.6 Å². The van der Waals surface area contributed by atoms with Crippen LogP contribution >= 0.6 is 22.7 Å². The molecular formula is C54H38F4N6O8S2. The Labute approximate surface area is 424 Å². The van der Waals surface area contributed by atoms with Crippen molar-refractivity contribution in [2.75, 3.05) is 49.5 Å². The summed E-state index contributed by atoms with van der Waals surface area (Å²) in [7, 11) is 0. The number of amides is 2. The molecule has 8 aromatic rings. The highest BCUT2D eigenvalue weighted by Gasteiger charge is 2.48. The van der Waals surface area contributed by atoms with Crippen LogP contribution in [-0.4, -0.2) is 93.0 Å². The minimum atomic E-state index is -0.667. The van der Waals surface area contributed by atoms with Gasteiger partial charge in [0.25, 0.3) is 11.8 Å². The van der Waals surface area contributed by atoms with Crippen molar-refractivity contribution in [1.82, 2.24) is 19.2 Å². The van der Waals surface area contributed by atoms with Crippen molar-refractivity contribution in [2.45, 2.75) is 24.4 Å². The molecule has 4 aromatic heterocycles. The van der Waals surface area contributed by atoms with Crippen LogP contribution in [0.25, 0.3) is 43.1 Å². The second-order valence-electron chi connectivity index (χ2n) is 18.4. The van der Waals surface area contributed by atoms with Crippen LogP contribution in [0.3, 0.4) is 0 Å². The Morgan fingerprint density at radius 1 is 0.473 bits per heavy atom. The molecule has 0 unspecified atom stereocenters. The number of fused-ring (bicyclic) bond motifs is 14. The molecule has 2 saturated heterocycles. The fourth-order valence-corrected chi connectivity index (χ4v) is 13.3. The first-order chi connectivity index (χ1) is 35.9. The maximum absolute atomic E-state index is 14.6. The summed E-state index contributed by atoms with van der Waals surface area (Å²) in [6.07, 6.45) is 1.70. The molecule has 0 bridgehead atoms. The molecule has 372 valence electrons. The molecular weight excluding hydrogens is 1000 g/mol. The molecule has 2 aliphatic carbocycles. The number of morpholine rings is 2. The van der Waals surface area contributed by atoms with Crippen molar-refractivity contribution in [3.8, 4) is 54.6 Å². The summed E-state index contributed by atoms with van der Waals surface area (Å²) in [5, 5.41) is 28.9. The summed E-state index contributed by atoms with van der Waals surface area (Å²) in [5.41, 5.74) is 5.44. The predicted octanol–water partition coefficient (Wildman–Crippen LogP) is 8.16. The maximum Gasteiger partial charge on any atom is 0.278 e. The van der Waals surface area contributed by atoms with E-state index in [-0.39, 0.29) is 37.7 Å². The molecule has 2 N–H and O–H groups in total. The van der Waals surface area contributed by atoms with Crippen molar-refractivity contribution in [2.24, 2.45) is 0 Å². The van der Waals surface area contributed by atoms with E-state index >= 15 is 0 Å². The number of thiophene rings is 2. The first-order valence-electron chi connectivity index (χ1n) is 23.5. The molecule has 2 fully saturated rings. The van der Waals surface area contributed by atoms with Crippen LogP contribution in [0.5, 0.6) is 11.5 Å². The average Bonchev–Trinajstić information content (AvgIpc) is 4.08. The van der Waals surface area contributed by atoms with Gasteiger partial charge >= 0.3 is 0 Å². The summed E-state index contributed by atoms with van der Waals surface area (Å²) in [4.78, 5) is 56.4. The van der Waals surface area contributed by atoms with E-state index in [1.165, 1.54) is 105 Å². The highest BCUT2D eigenvalue weighted by Crippen LogP contribution is 2.52. The van der Waals surface area contributed by atoms with Crippen molar-refractivity contribution in [1.29, 1.82) is 0 Å². The zero-order valence-corrected chi connectivity index (χ0v) is 40.1. The largest absolute Gasteiger partial charge is 0.502 e. The van der Waals surface area contributed by atoms with Crippen LogP contribution in [0.2, 0.25) is 0 Å². The van der Waals surface area contributed by atoms with E-state index in [0.717, 1.165) is 43.1 Å². The van der Waals surface area contributed by atoms with Crippen LogP contribution in [-0.2, 0) is 9.47 Å². The van der Waals surface area contributed by atoms with Crippen LogP contribution in [0, 0.1) is 23.3 Å². The van der Waals surface area contributed by atoms with Crippen molar-refractivity contribution in [3.05, 3.63) is 198 Å². The number of hydrogen-bond acceptors (Lipinski definition) is 12. The van der Waals surface area contributed by atoms with E-state index in [4.69, 9.17) is 9.47 Å². The van der Waals surface area contributed by atoms with E-state index in [1.54, 1.807) is 34.1 Å². The van der Waals surface area contributed by atoms with Gasteiger partial charge in [0.1, 0.15) is 35.6 Å². The zero-order valence-electron chi connectivity index (χ0n) is 38.5. The molecule has 20 heteroatoms. The van der Waals surface area contributed by atoms with Crippen LogP contribution in [0.15, 0.2) is 130 Å². The molecule has 6 aliphatic rings. The number of nitrogens with zero attached hydrogens (tertiary/aromatic N) is 6. The molecule has 8 heterocycles. The molecule has 4 aliphatic heterocycles. The lowest BCUT2D eigenvalue weighted by Crippen LogP contribution is -2.66. The molecule has 0 radical (unpaired) electrons.